The fraction of sp³-hybridized carbons (Fsp3) is 0.333. The first-order valence-corrected chi connectivity index (χ1v) is 10.6. The van der Waals surface area contributed by atoms with E-state index in [9.17, 15) is 9.59 Å². The standard InChI is InChI=1S/C24H27N5O2/c1-16-5-6-19(17(2)10-16)14-27-24(31)21-15-28-29-9-7-18(11-22(21)29)12-26-23(30)20-4-3-8-25-13-20/h3-6,8,10,13,15,18H,7,9,11-12,14H2,1-2H3,(H,26,30)(H,27,31)/t18-/m0/s1. The van der Waals surface area contributed by atoms with E-state index in [4.69, 9.17) is 0 Å². The second-order valence-corrected chi connectivity index (χ2v) is 8.15. The van der Waals surface area contributed by atoms with E-state index in [0.717, 1.165) is 24.2 Å². The van der Waals surface area contributed by atoms with Gasteiger partial charge in [-0.2, -0.15) is 5.10 Å². The molecule has 3 heterocycles. The highest BCUT2D eigenvalue weighted by Gasteiger charge is 2.25. The third kappa shape index (κ3) is 4.82. The Morgan fingerprint density at radius 3 is 2.77 bits per heavy atom. The molecule has 31 heavy (non-hydrogen) atoms. The number of carbonyl (C=O) groups excluding carboxylic acids is 2. The van der Waals surface area contributed by atoms with Crippen molar-refractivity contribution in [2.75, 3.05) is 6.54 Å². The normalized spacial score (nSPS) is 15.2. The summed E-state index contributed by atoms with van der Waals surface area (Å²) in [6.45, 7) is 5.90. The van der Waals surface area contributed by atoms with Crippen LogP contribution in [0.5, 0.6) is 0 Å². The maximum atomic E-state index is 12.8. The van der Waals surface area contributed by atoms with Gasteiger partial charge >= 0.3 is 0 Å². The van der Waals surface area contributed by atoms with Gasteiger partial charge in [0.15, 0.2) is 0 Å². The highest BCUT2D eigenvalue weighted by Crippen LogP contribution is 2.23. The molecule has 1 aromatic carbocycles. The minimum Gasteiger partial charge on any atom is -0.352 e. The van der Waals surface area contributed by atoms with Crippen molar-refractivity contribution in [1.29, 1.82) is 0 Å². The van der Waals surface area contributed by atoms with Crippen molar-refractivity contribution in [3.63, 3.8) is 0 Å². The summed E-state index contributed by atoms with van der Waals surface area (Å²) in [5.74, 6) is 0.0237. The highest BCUT2D eigenvalue weighted by molar-refractivity contribution is 5.95. The molecule has 0 fully saturated rings. The zero-order valence-electron chi connectivity index (χ0n) is 17.9. The topological polar surface area (TPSA) is 88.9 Å². The number of benzene rings is 1. The second-order valence-electron chi connectivity index (χ2n) is 8.15. The smallest absolute Gasteiger partial charge is 0.255 e. The van der Waals surface area contributed by atoms with Crippen molar-refractivity contribution >= 4 is 11.8 Å². The lowest BCUT2D eigenvalue weighted by Crippen LogP contribution is -2.34. The van der Waals surface area contributed by atoms with Crippen LogP contribution in [0.4, 0.5) is 0 Å². The average molecular weight is 418 g/mol. The van der Waals surface area contributed by atoms with Crippen molar-refractivity contribution in [2.24, 2.45) is 5.92 Å². The molecule has 0 unspecified atom stereocenters. The van der Waals surface area contributed by atoms with Crippen LogP contribution in [-0.4, -0.2) is 33.1 Å². The maximum absolute atomic E-state index is 12.8. The highest BCUT2D eigenvalue weighted by atomic mass is 16.2. The number of nitrogens with one attached hydrogen (secondary N) is 2. The average Bonchev–Trinajstić information content (AvgIpc) is 3.20. The van der Waals surface area contributed by atoms with Gasteiger partial charge in [-0.05, 0) is 55.9 Å². The largest absolute Gasteiger partial charge is 0.352 e. The number of nitrogens with zero attached hydrogens (tertiary/aromatic N) is 3. The predicted molar refractivity (Wildman–Crippen MR) is 118 cm³/mol. The van der Waals surface area contributed by atoms with Crippen molar-refractivity contribution in [1.82, 2.24) is 25.4 Å². The van der Waals surface area contributed by atoms with E-state index in [1.807, 2.05) is 4.68 Å². The summed E-state index contributed by atoms with van der Waals surface area (Å²) in [7, 11) is 0. The third-order valence-electron chi connectivity index (χ3n) is 5.84. The van der Waals surface area contributed by atoms with Crippen molar-refractivity contribution in [3.8, 4) is 0 Å². The molecule has 1 aliphatic heterocycles. The van der Waals surface area contributed by atoms with Crippen molar-refractivity contribution in [2.45, 2.75) is 39.8 Å². The third-order valence-corrected chi connectivity index (χ3v) is 5.84. The van der Waals surface area contributed by atoms with Crippen molar-refractivity contribution in [3.05, 3.63) is 82.4 Å². The Morgan fingerprint density at radius 2 is 2.00 bits per heavy atom. The number of amides is 2. The number of aryl methyl sites for hydroxylation is 3. The molecule has 0 bridgehead atoms. The van der Waals surface area contributed by atoms with Gasteiger partial charge in [0.2, 0.25) is 0 Å². The lowest BCUT2D eigenvalue weighted by molar-refractivity contribution is 0.0934. The summed E-state index contributed by atoms with van der Waals surface area (Å²) in [5.41, 5.74) is 5.59. The summed E-state index contributed by atoms with van der Waals surface area (Å²) >= 11 is 0. The molecular formula is C24H27N5O2. The molecule has 1 atom stereocenters. The Kier molecular flexibility index (Phi) is 6.11. The number of fused-ring (bicyclic) bond motifs is 1. The summed E-state index contributed by atoms with van der Waals surface area (Å²) < 4.78 is 1.91. The zero-order valence-corrected chi connectivity index (χ0v) is 17.9. The molecule has 2 amide bonds. The summed E-state index contributed by atoms with van der Waals surface area (Å²) in [6, 6.07) is 9.72. The Labute approximate surface area is 181 Å². The maximum Gasteiger partial charge on any atom is 0.255 e. The molecule has 0 radical (unpaired) electrons. The van der Waals surface area contributed by atoms with Gasteiger partial charge in [-0.25, -0.2) is 0 Å². The monoisotopic (exact) mass is 417 g/mol. The molecule has 1 aliphatic rings. The van der Waals surface area contributed by atoms with Gasteiger partial charge in [0, 0.05) is 32.0 Å². The van der Waals surface area contributed by atoms with E-state index in [-0.39, 0.29) is 17.7 Å². The molecule has 2 aromatic heterocycles. The molecule has 7 nitrogen and oxygen atoms in total. The first-order valence-electron chi connectivity index (χ1n) is 10.6. The van der Waals surface area contributed by atoms with E-state index in [1.165, 1.54) is 11.1 Å². The first kappa shape index (κ1) is 20.8. The molecule has 2 N–H and O–H groups in total. The van der Waals surface area contributed by atoms with Crippen LogP contribution in [0.1, 0.15) is 49.5 Å². The minimum absolute atomic E-state index is 0.110. The Balaban J connectivity index is 1.37. The van der Waals surface area contributed by atoms with Crippen LogP contribution in [-0.2, 0) is 19.5 Å². The van der Waals surface area contributed by atoms with E-state index in [0.29, 0.717) is 30.6 Å². The molecular weight excluding hydrogens is 390 g/mol. The van der Waals surface area contributed by atoms with Crippen LogP contribution in [0.3, 0.4) is 0 Å². The molecule has 0 aliphatic carbocycles. The van der Waals surface area contributed by atoms with Gasteiger partial charge in [-0.1, -0.05) is 23.8 Å². The number of hydrogen-bond acceptors (Lipinski definition) is 4. The zero-order chi connectivity index (χ0) is 21.8. The lowest BCUT2D eigenvalue weighted by Gasteiger charge is -2.24. The van der Waals surface area contributed by atoms with Crippen LogP contribution in [0, 0.1) is 19.8 Å². The molecule has 4 rings (SSSR count). The van der Waals surface area contributed by atoms with Crippen LogP contribution >= 0.6 is 0 Å². The van der Waals surface area contributed by atoms with E-state index >= 15 is 0 Å². The number of rotatable bonds is 6. The number of aromatic nitrogens is 3. The Bertz CT molecular complexity index is 1090. The Morgan fingerprint density at radius 1 is 1.13 bits per heavy atom. The molecule has 160 valence electrons. The fourth-order valence-electron chi connectivity index (χ4n) is 4.01. The van der Waals surface area contributed by atoms with E-state index in [1.54, 1.807) is 30.7 Å². The SMILES string of the molecule is Cc1ccc(CNC(=O)c2cnn3c2C[C@@H](CNC(=O)c2cccnc2)CC3)c(C)c1. The molecule has 7 heteroatoms. The quantitative estimate of drug-likeness (QED) is 0.646. The van der Waals surface area contributed by atoms with Crippen LogP contribution < -0.4 is 10.6 Å². The van der Waals surface area contributed by atoms with Gasteiger partial charge in [-0.15, -0.1) is 0 Å². The van der Waals surface area contributed by atoms with E-state index in [2.05, 4.69) is 52.8 Å². The minimum atomic E-state index is -0.126. The molecule has 0 saturated heterocycles. The van der Waals surface area contributed by atoms with E-state index < -0.39 is 0 Å². The number of pyridine rings is 1. The second kappa shape index (κ2) is 9.12. The number of hydrogen-bond donors (Lipinski definition) is 2. The summed E-state index contributed by atoms with van der Waals surface area (Å²) in [6.07, 6.45) is 6.48. The number of carbonyl (C=O) groups is 2. The molecule has 3 aromatic rings. The molecule has 0 spiro atoms. The fourth-order valence-corrected chi connectivity index (χ4v) is 4.01. The van der Waals surface area contributed by atoms with Gasteiger partial charge in [-0.3, -0.25) is 19.3 Å². The van der Waals surface area contributed by atoms with Gasteiger partial charge in [0.05, 0.1) is 23.0 Å². The first-order chi connectivity index (χ1) is 15.0. The van der Waals surface area contributed by atoms with Crippen LogP contribution in [0.2, 0.25) is 0 Å². The van der Waals surface area contributed by atoms with Crippen LogP contribution in [0.25, 0.3) is 0 Å². The van der Waals surface area contributed by atoms with Gasteiger partial charge < -0.3 is 10.6 Å². The summed E-state index contributed by atoms with van der Waals surface area (Å²) in [5, 5.41) is 10.4. The predicted octanol–water partition coefficient (Wildman–Crippen LogP) is 2.82. The summed E-state index contributed by atoms with van der Waals surface area (Å²) in [4.78, 5) is 29.1. The van der Waals surface area contributed by atoms with Gasteiger partial charge in [0.25, 0.3) is 11.8 Å². The lowest BCUT2D eigenvalue weighted by atomic mass is 9.94. The Hall–Kier alpha value is -3.48. The molecule has 0 saturated carbocycles. The van der Waals surface area contributed by atoms with Crippen LogP contribution in [0.15, 0.2) is 48.9 Å². The van der Waals surface area contributed by atoms with Crippen molar-refractivity contribution < 1.29 is 9.59 Å². The van der Waals surface area contributed by atoms with Gasteiger partial charge in [0.1, 0.15) is 0 Å².